The van der Waals surface area contributed by atoms with Gasteiger partial charge in [0.2, 0.25) is 0 Å². The van der Waals surface area contributed by atoms with Crippen LogP contribution in [0.2, 0.25) is 0 Å². The summed E-state index contributed by atoms with van der Waals surface area (Å²) in [4.78, 5) is 0. The summed E-state index contributed by atoms with van der Waals surface area (Å²) in [6.07, 6.45) is -9.49. The van der Waals surface area contributed by atoms with E-state index < -0.39 is 29.0 Å². The van der Waals surface area contributed by atoms with Gasteiger partial charge in [0.25, 0.3) is 0 Å². The Morgan fingerprint density at radius 3 is 2.10 bits per heavy atom. The highest BCUT2D eigenvalue weighted by Gasteiger charge is 2.63. The van der Waals surface area contributed by atoms with E-state index in [0.717, 1.165) is 6.07 Å². The molecule has 0 unspecified atom stereocenters. The van der Waals surface area contributed by atoms with Gasteiger partial charge in [-0.25, -0.2) is 0 Å². The van der Waals surface area contributed by atoms with Gasteiger partial charge in [-0.05, 0) is 31.0 Å². The number of nitrogens with zero attached hydrogens (tertiary/aromatic N) is 1. The van der Waals surface area contributed by atoms with Gasteiger partial charge in [0.05, 0.1) is 16.8 Å². The molecular formula is C12H8F6N2. The Morgan fingerprint density at radius 2 is 1.70 bits per heavy atom. The molecule has 0 bridgehead atoms. The summed E-state index contributed by atoms with van der Waals surface area (Å²) in [5.74, 6) is 0. The van der Waals surface area contributed by atoms with Crippen LogP contribution >= 0.6 is 0 Å². The van der Waals surface area contributed by atoms with Crippen molar-refractivity contribution in [3.63, 3.8) is 0 Å². The zero-order chi connectivity index (χ0) is 15.2. The highest BCUT2D eigenvalue weighted by atomic mass is 19.4. The van der Waals surface area contributed by atoms with Crippen LogP contribution < -0.4 is 5.32 Å². The fourth-order valence-electron chi connectivity index (χ4n) is 1.78. The van der Waals surface area contributed by atoms with Crippen LogP contribution in [0.1, 0.15) is 24.0 Å². The maximum atomic E-state index is 12.8. The van der Waals surface area contributed by atoms with Crippen LogP contribution in [0, 0.1) is 11.3 Å². The summed E-state index contributed by atoms with van der Waals surface area (Å²) in [6, 6.07) is 3.52. The van der Waals surface area contributed by atoms with E-state index in [4.69, 9.17) is 5.26 Å². The van der Waals surface area contributed by atoms with Gasteiger partial charge in [-0.2, -0.15) is 31.6 Å². The Kier molecular flexibility index (Phi) is 3.11. The Hall–Kier alpha value is -1.91. The average molecular weight is 294 g/mol. The summed E-state index contributed by atoms with van der Waals surface area (Å²) in [5, 5.41) is 10.9. The number of nitrogens with one attached hydrogen (secondary N) is 1. The lowest BCUT2D eigenvalue weighted by atomic mass is 10.1. The van der Waals surface area contributed by atoms with Crippen LogP contribution in [0.3, 0.4) is 0 Å². The molecule has 0 aliphatic heterocycles. The molecule has 8 heteroatoms. The summed E-state index contributed by atoms with van der Waals surface area (Å²) >= 11 is 0. The number of hydrogen-bond acceptors (Lipinski definition) is 2. The predicted molar refractivity (Wildman–Crippen MR) is 57.8 cm³/mol. The quantitative estimate of drug-likeness (QED) is 0.834. The van der Waals surface area contributed by atoms with Crippen molar-refractivity contribution in [2.24, 2.45) is 0 Å². The number of rotatable bonds is 2. The lowest BCUT2D eigenvalue weighted by molar-refractivity contribution is -0.151. The summed E-state index contributed by atoms with van der Waals surface area (Å²) < 4.78 is 75.7. The van der Waals surface area contributed by atoms with Crippen molar-refractivity contribution >= 4 is 5.69 Å². The van der Waals surface area contributed by atoms with Crippen LogP contribution in [0.5, 0.6) is 0 Å². The maximum Gasteiger partial charge on any atom is 0.416 e. The Bertz CT molecular complexity index is 563. The van der Waals surface area contributed by atoms with Crippen molar-refractivity contribution in [2.45, 2.75) is 30.7 Å². The van der Waals surface area contributed by atoms with E-state index in [0.29, 0.717) is 12.1 Å². The van der Waals surface area contributed by atoms with Gasteiger partial charge in [-0.3, -0.25) is 0 Å². The van der Waals surface area contributed by atoms with Crippen LogP contribution in [-0.2, 0) is 6.18 Å². The van der Waals surface area contributed by atoms with Crippen molar-refractivity contribution in [3.05, 3.63) is 29.3 Å². The first-order chi connectivity index (χ1) is 9.09. The third-order valence-electron chi connectivity index (χ3n) is 3.13. The van der Waals surface area contributed by atoms with E-state index in [-0.39, 0.29) is 18.5 Å². The Balaban J connectivity index is 2.33. The molecule has 108 valence electrons. The van der Waals surface area contributed by atoms with E-state index in [1.54, 1.807) is 0 Å². The third-order valence-corrected chi connectivity index (χ3v) is 3.13. The number of benzene rings is 1. The predicted octanol–water partition coefficient (Wildman–Crippen LogP) is 4.08. The fraction of sp³-hybridized carbons (Fsp3) is 0.417. The second-order valence-corrected chi connectivity index (χ2v) is 4.57. The molecule has 1 aliphatic rings. The maximum absolute atomic E-state index is 12.8. The van der Waals surface area contributed by atoms with Gasteiger partial charge in [-0.1, -0.05) is 0 Å². The van der Waals surface area contributed by atoms with Crippen LogP contribution in [-0.4, -0.2) is 11.7 Å². The highest BCUT2D eigenvalue weighted by molar-refractivity contribution is 5.61. The largest absolute Gasteiger partial charge is 0.416 e. The molecule has 2 nitrogen and oxygen atoms in total. The highest BCUT2D eigenvalue weighted by Crippen LogP contribution is 2.51. The summed E-state index contributed by atoms with van der Waals surface area (Å²) in [5.41, 5.74) is -3.90. The Morgan fingerprint density at radius 1 is 1.10 bits per heavy atom. The molecule has 1 saturated carbocycles. The zero-order valence-corrected chi connectivity index (χ0v) is 9.86. The molecule has 20 heavy (non-hydrogen) atoms. The molecule has 0 aromatic heterocycles. The van der Waals surface area contributed by atoms with E-state index in [2.05, 4.69) is 5.32 Å². The first kappa shape index (κ1) is 14.5. The van der Waals surface area contributed by atoms with Crippen molar-refractivity contribution in [1.82, 2.24) is 0 Å². The van der Waals surface area contributed by atoms with Crippen LogP contribution in [0.4, 0.5) is 32.0 Å². The second kappa shape index (κ2) is 4.30. The molecule has 0 saturated heterocycles. The molecule has 2 rings (SSSR count). The van der Waals surface area contributed by atoms with E-state index in [9.17, 15) is 26.3 Å². The number of nitriles is 1. The molecule has 1 fully saturated rings. The molecule has 0 radical (unpaired) electrons. The first-order valence-electron chi connectivity index (χ1n) is 5.55. The van der Waals surface area contributed by atoms with Gasteiger partial charge >= 0.3 is 12.4 Å². The Labute approximate surface area is 110 Å². The van der Waals surface area contributed by atoms with Crippen molar-refractivity contribution in [2.75, 3.05) is 5.32 Å². The monoisotopic (exact) mass is 294 g/mol. The minimum absolute atomic E-state index is 0.164. The minimum Gasteiger partial charge on any atom is -0.370 e. The third kappa shape index (κ3) is 2.53. The molecule has 0 heterocycles. The standard InChI is InChI=1S/C12H8F6N2/c13-11(14,15)8-1-2-9(7(5-8)6-19)20-10(3-4-10)12(16,17)18/h1-2,5,20H,3-4H2. The number of alkyl halides is 6. The number of anilines is 1. The van der Waals surface area contributed by atoms with Crippen molar-refractivity contribution in [3.8, 4) is 6.07 Å². The number of hydrogen-bond donors (Lipinski definition) is 1. The second-order valence-electron chi connectivity index (χ2n) is 4.57. The van der Waals surface area contributed by atoms with Crippen molar-refractivity contribution in [1.29, 1.82) is 5.26 Å². The van der Waals surface area contributed by atoms with E-state index in [1.165, 1.54) is 6.07 Å². The minimum atomic E-state index is -4.65. The van der Waals surface area contributed by atoms with Crippen LogP contribution in [0.15, 0.2) is 18.2 Å². The average Bonchev–Trinajstić information content (AvgIpc) is 3.08. The fourth-order valence-corrected chi connectivity index (χ4v) is 1.78. The SMILES string of the molecule is N#Cc1cc(C(F)(F)F)ccc1NC1(C(F)(F)F)CC1. The van der Waals surface area contributed by atoms with Gasteiger partial charge in [0.15, 0.2) is 0 Å². The number of halogens is 6. The molecule has 1 aliphatic carbocycles. The molecule has 0 amide bonds. The molecule has 1 aromatic rings. The van der Waals surface area contributed by atoms with E-state index >= 15 is 0 Å². The summed E-state index contributed by atoms with van der Waals surface area (Å²) in [6.45, 7) is 0. The molecule has 1 aromatic carbocycles. The summed E-state index contributed by atoms with van der Waals surface area (Å²) in [7, 11) is 0. The van der Waals surface area contributed by atoms with Crippen LogP contribution in [0.25, 0.3) is 0 Å². The van der Waals surface area contributed by atoms with E-state index in [1.807, 2.05) is 0 Å². The molecule has 0 atom stereocenters. The molecular weight excluding hydrogens is 286 g/mol. The van der Waals surface area contributed by atoms with Gasteiger partial charge in [-0.15, -0.1) is 0 Å². The smallest absolute Gasteiger partial charge is 0.370 e. The van der Waals surface area contributed by atoms with Crippen molar-refractivity contribution < 1.29 is 26.3 Å². The lowest BCUT2D eigenvalue weighted by Gasteiger charge is -2.22. The topological polar surface area (TPSA) is 35.8 Å². The normalized spacial score (nSPS) is 17.4. The van der Waals surface area contributed by atoms with Gasteiger partial charge in [0, 0.05) is 0 Å². The van der Waals surface area contributed by atoms with Gasteiger partial charge < -0.3 is 5.32 Å². The lowest BCUT2D eigenvalue weighted by Crippen LogP contribution is -2.38. The molecule has 0 spiro atoms. The first-order valence-corrected chi connectivity index (χ1v) is 5.55. The van der Waals surface area contributed by atoms with Gasteiger partial charge in [0.1, 0.15) is 11.6 Å². The zero-order valence-electron chi connectivity index (χ0n) is 9.86. The molecule has 1 N–H and O–H groups in total.